The first-order valence-corrected chi connectivity index (χ1v) is 9.88. The van der Waals surface area contributed by atoms with Crippen molar-refractivity contribution in [1.82, 2.24) is 0 Å². The van der Waals surface area contributed by atoms with Crippen molar-refractivity contribution in [3.63, 3.8) is 0 Å². The summed E-state index contributed by atoms with van der Waals surface area (Å²) in [4.78, 5) is 0. The van der Waals surface area contributed by atoms with Crippen LogP contribution >= 0.6 is 0 Å². The van der Waals surface area contributed by atoms with Gasteiger partial charge in [0, 0.05) is 6.42 Å². The summed E-state index contributed by atoms with van der Waals surface area (Å²) in [5.74, 6) is 2.76. The number of alkyl halides is 1. The van der Waals surface area contributed by atoms with Crippen molar-refractivity contribution in [2.24, 2.45) is 34.5 Å². The lowest BCUT2D eigenvalue weighted by atomic mass is 9.47. The minimum Gasteiger partial charge on any atom is -0.393 e. The van der Waals surface area contributed by atoms with Crippen LogP contribution < -0.4 is 0 Å². The first kappa shape index (κ1) is 16.1. The molecule has 8 atom stereocenters. The number of rotatable bonds is 1. The van der Waals surface area contributed by atoms with Crippen molar-refractivity contribution in [3.8, 4) is 0 Å². The topological polar surface area (TPSA) is 20.2 Å². The normalized spacial score (nSPS) is 53.8. The van der Waals surface area contributed by atoms with E-state index in [0.717, 1.165) is 37.0 Å². The molecule has 0 amide bonds. The molecule has 0 aromatic carbocycles. The smallest absolute Gasteiger partial charge is 0.104 e. The van der Waals surface area contributed by atoms with Gasteiger partial charge >= 0.3 is 0 Å². The number of halogens is 1. The van der Waals surface area contributed by atoms with Crippen molar-refractivity contribution >= 4 is 0 Å². The Labute approximate surface area is 140 Å². The molecule has 0 spiro atoms. The molecule has 0 aromatic heterocycles. The van der Waals surface area contributed by atoms with E-state index >= 15 is 0 Å². The highest BCUT2D eigenvalue weighted by atomic mass is 19.1. The lowest BCUT2D eigenvalue weighted by Crippen LogP contribution is -2.51. The molecular weight excluding hydrogens is 287 g/mol. The van der Waals surface area contributed by atoms with Gasteiger partial charge in [-0.25, -0.2) is 4.39 Å². The molecule has 0 saturated heterocycles. The van der Waals surface area contributed by atoms with E-state index in [2.05, 4.69) is 19.9 Å². The molecule has 1 N–H and O–H groups in total. The predicted octanol–water partition coefficient (Wildman–Crippen LogP) is 5.28. The van der Waals surface area contributed by atoms with E-state index < -0.39 is 6.17 Å². The number of hydrogen-bond donors (Lipinski definition) is 1. The van der Waals surface area contributed by atoms with E-state index in [4.69, 9.17) is 0 Å². The molecule has 0 unspecified atom stereocenters. The van der Waals surface area contributed by atoms with Gasteiger partial charge in [-0.3, -0.25) is 0 Å². The molecular formula is C21H33FO. The van der Waals surface area contributed by atoms with Gasteiger partial charge in [0.2, 0.25) is 0 Å². The van der Waals surface area contributed by atoms with Gasteiger partial charge in [-0.15, -0.1) is 0 Å². The molecule has 0 bridgehead atoms. The maximum Gasteiger partial charge on any atom is 0.104 e. The summed E-state index contributed by atoms with van der Waals surface area (Å²) in [5, 5.41) is 10.3. The molecule has 3 saturated carbocycles. The number of fused-ring (bicyclic) bond motifs is 5. The monoisotopic (exact) mass is 320 g/mol. The Balaban J connectivity index is 1.65. The first-order valence-electron chi connectivity index (χ1n) is 9.88. The highest BCUT2D eigenvalue weighted by Crippen LogP contribution is 2.66. The quantitative estimate of drug-likeness (QED) is 0.651. The molecule has 1 nitrogen and oxygen atoms in total. The third-order valence-electron chi connectivity index (χ3n) is 8.70. The number of aliphatic hydroxyl groups excluding tert-OH is 1. The Morgan fingerprint density at radius 1 is 1.13 bits per heavy atom. The molecule has 130 valence electrons. The summed E-state index contributed by atoms with van der Waals surface area (Å²) in [5.41, 5.74) is 2.02. The summed E-state index contributed by atoms with van der Waals surface area (Å²) >= 11 is 0. The molecule has 4 rings (SSSR count). The van der Waals surface area contributed by atoms with Crippen LogP contribution in [0.15, 0.2) is 11.6 Å². The summed E-state index contributed by atoms with van der Waals surface area (Å²) in [6.07, 6.45) is 10.3. The van der Waals surface area contributed by atoms with Crippen molar-refractivity contribution in [3.05, 3.63) is 11.6 Å². The van der Waals surface area contributed by atoms with Crippen molar-refractivity contribution < 1.29 is 9.50 Å². The maximum atomic E-state index is 13.9. The van der Waals surface area contributed by atoms with E-state index in [1.54, 1.807) is 0 Å². The lowest BCUT2D eigenvalue weighted by Gasteiger charge is -2.58. The second kappa shape index (κ2) is 5.31. The minimum absolute atomic E-state index is 0.172. The average Bonchev–Trinajstić information content (AvgIpc) is 2.85. The molecule has 0 radical (unpaired) electrons. The number of aliphatic hydroxyl groups is 1. The van der Waals surface area contributed by atoms with Gasteiger partial charge in [0.25, 0.3) is 0 Å². The second-order valence-corrected chi connectivity index (χ2v) is 9.57. The van der Waals surface area contributed by atoms with Crippen LogP contribution in [0.2, 0.25) is 0 Å². The zero-order valence-electron chi connectivity index (χ0n) is 15.0. The van der Waals surface area contributed by atoms with Crippen LogP contribution in [0.4, 0.5) is 4.39 Å². The van der Waals surface area contributed by atoms with Gasteiger partial charge in [0.05, 0.1) is 6.10 Å². The van der Waals surface area contributed by atoms with E-state index in [0.29, 0.717) is 17.8 Å². The third kappa shape index (κ3) is 2.19. The van der Waals surface area contributed by atoms with Gasteiger partial charge in [-0.1, -0.05) is 25.5 Å². The average molecular weight is 320 g/mol. The van der Waals surface area contributed by atoms with Crippen molar-refractivity contribution in [1.29, 1.82) is 0 Å². The van der Waals surface area contributed by atoms with Crippen LogP contribution in [0.5, 0.6) is 0 Å². The van der Waals surface area contributed by atoms with E-state index in [9.17, 15) is 9.50 Å². The Morgan fingerprint density at radius 3 is 2.65 bits per heavy atom. The van der Waals surface area contributed by atoms with E-state index in [1.807, 2.05) is 6.92 Å². The molecule has 0 aliphatic heterocycles. The van der Waals surface area contributed by atoms with Crippen LogP contribution in [-0.2, 0) is 0 Å². The van der Waals surface area contributed by atoms with Crippen LogP contribution in [0, 0.1) is 34.5 Å². The first-order chi connectivity index (χ1) is 10.9. The van der Waals surface area contributed by atoms with E-state index in [-0.39, 0.29) is 11.5 Å². The van der Waals surface area contributed by atoms with Gasteiger partial charge in [0.1, 0.15) is 6.17 Å². The minimum atomic E-state index is -0.606. The Hall–Kier alpha value is -0.370. The van der Waals surface area contributed by atoms with Crippen LogP contribution in [0.3, 0.4) is 0 Å². The van der Waals surface area contributed by atoms with Crippen LogP contribution in [-0.4, -0.2) is 17.4 Å². The summed E-state index contributed by atoms with van der Waals surface area (Å²) in [6, 6.07) is 0. The largest absolute Gasteiger partial charge is 0.393 e. The maximum absolute atomic E-state index is 13.9. The fraction of sp³-hybridized carbons (Fsp3) is 0.905. The summed E-state index contributed by atoms with van der Waals surface area (Å²) in [7, 11) is 0. The Morgan fingerprint density at radius 2 is 1.91 bits per heavy atom. The van der Waals surface area contributed by atoms with E-state index in [1.165, 1.54) is 31.3 Å². The van der Waals surface area contributed by atoms with Crippen molar-refractivity contribution in [2.75, 3.05) is 0 Å². The number of hydrogen-bond acceptors (Lipinski definition) is 1. The Bertz CT molecular complexity index is 512. The van der Waals surface area contributed by atoms with Crippen LogP contribution in [0.25, 0.3) is 0 Å². The fourth-order valence-corrected chi connectivity index (χ4v) is 7.45. The van der Waals surface area contributed by atoms with Gasteiger partial charge < -0.3 is 5.11 Å². The van der Waals surface area contributed by atoms with Crippen molar-refractivity contribution in [2.45, 2.75) is 84.4 Å². The lowest BCUT2D eigenvalue weighted by molar-refractivity contribution is -0.0648. The zero-order valence-corrected chi connectivity index (χ0v) is 15.0. The predicted molar refractivity (Wildman–Crippen MR) is 91.8 cm³/mol. The highest BCUT2D eigenvalue weighted by molar-refractivity contribution is 5.25. The molecule has 0 heterocycles. The third-order valence-corrected chi connectivity index (χ3v) is 8.70. The van der Waals surface area contributed by atoms with Crippen LogP contribution in [0.1, 0.15) is 72.1 Å². The molecule has 3 fully saturated rings. The SMILES string of the molecule is C[C@H](O)[C@H]1CC[C@H]2[C@@H]3CC=C4C[C@@H](F)CC[C@]4(C)[C@H]3CC[C@]12C. The standard InChI is InChI=1S/C21H33FO/c1-13(23)17-6-7-18-16-5-4-14-12-15(22)8-10-20(14,2)19(16)9-11-21(17,18)3/h4,13,15-19,23H,5-12H2,1-3H3/t13-,15-,16-,17+,18-,19-,20-,21+/m0/s1. The van der Waals surface area contributed by atoms with Gasteiger partial charge in [0.15, 0.2) is 0 Å². The van der Waals surface area contributed by atoms with Gasteiger partial charge in [-0.05, 0) is 86.4 Å². The second-order valence-electron chi connectivity index (χ2n) is 9.57. The fourth-order valence-electron chi connectivity index (χ4n) is 7.45. The van der Waals surface area contributed by atoms with Gasteiger partial charge in [-0.2, -0.15) is 0 Å². The molecule has 0 aromatic rings. The molecule has 23 heavy (non-hydrogen) atoms. The summed E-state index contributed by atoms with van der Waals surface area (Å²) < 4.78 is 13.9. The summed E-state index contributed by atoms with van der Waals surface area (Å²) in [6.45, 7) is 6.89. The highest BCUT2D eigenvalue weighted by Gasteiger charge is 2.59. The molecule has 2 heteroatoms. The zero-order chi connectivity index (χ0) is 16.4. The Kier molecular flexibility index (Phi) is 3.72. The molecule has 4 aliphatic carbocycles. The number of allylic oxidation sites excluding steroid dienone is 2. The molecule has 4 aliphatic rings.